The van der Waals surface area contributed by atoms with Crippen LogP contribution in [0.5, 0.6) is 0 Å². The first kappa shape index (κ1) is 14.2. The maximum atomic E-state index is 12.6. The van der Waals surface area contributed by atoms with E-state index in [4.69, 9.17) is 5.11 Å². The number of nitrogens with zero attached hydrogens (tertiary/aromatic N) is 2. The normalized spacial score (nSPS) is 31.1. The van der Waals surface area contributed by atoms with Crippen LogP contribution >= 0.6 is 0 Å². The predicted molar refractivity (Wildman–Crippen MR) is 71.9 cm³/mol. The first-order chi connectivity index (χ1) is 8.90. The zero-order valence-corrected chi connectivity index (χ0v) is 12.0. The SMILES string of the molecule is CC1CC(C)C(C)N(C(=O)N(CC(=O)O)C2CC2)C1. The first-order valence-electron chi connectivity index (χ1n) is 7.19. The van der Waals surface area contributed by atoms with Gasteiger partial charge in [0.2, 0.25) is 0 Å². The fraction of sp³-hybridized carbons (Fsp3) is 0.857. The van der Waals surface area contributed by atoms with Crippen LogP contribution in [0.4, 0.5) is 4.79 Å². The summed E-state index contributed by atoms with van der Waals surface area (Å²) in [5, 5.41) is 8.97. The summed E-state index contributed by atoms with van der Waals surface area (Å²) in [6, 6.07) is 0.248. The van der Waals surface area contributed by atoms with E-state index in [0.29, 0.717) is 11.8 Å². The van der Waals surface area contributed by atoms with Crippen LogP contribution < -0.4 is 0 Å². The molecule has 2 fully saturated rings. The van der Waals surface area contributed by atoms with Crippen LogP contribution in [0, 0.1) is 11.8 Å². The van der Waals surface area contributed by atoms with Gasteiger partial charge in [-0.05, 0) is 38.0 Å². The molecule has 1 heterocycles. The van der Waals surface area contributed by atoms with E-state index in [2.05, 4.69) is 20.8 Å². The number of urea groups is 1. The van der Waals surface area contributed by atoms with Crippen LogP contribution in [0.15, 0.2) is 0 Å². The van der Waals surface area contributed by atoms with Crippen molar-refractivity contribution < 1.29 is 14.7 Å². The standard InChI is InChI=1S/C14H24N2O3/c1-9-6-10(2)11(3)15(7-9)14(19)16(8-13(17)18)12-4-5-12/h9-12H,4-8H2,1-3H3,(H,17,18). The molecule has 5 nitrogen and oxygen atoms in total. The quantitative estimate of drug-likeness (QED) is 0.852. The highest BCUT2D eigenvalue weighted by Crippen LogP contribution is 2.32. The van der Waals surface area contributed by atoms with Gasteiger partial charge in [0.1, 0.15) is 6.54 Å². The van der Waals surface area contributed by atoms with E-state index < -0.39 is 5.97 Å². The number of piperidine rings is 1. The highest BCUT2D eigenvalue weighted by Gasteiger charge is 2.40. The number of carboxylic acid groups (broad SMARTS) is 1. The van der Waals surface area contributed by atoms with E-state index in [9.17, 15) is 9.59 Å². The number of carboxylic acids is 1. The largest absolute Gasteiger partial charge is 0.480 e. The summed E-state index contributed by atoms with van der Waals surface area (Å²) in [6.45, 7) is 6.96. The van der Waals surface area contributed by atoms with Gasteiger partial charge in [0.25, 0.3) is 0 Å². The van der Waals surface area contributed by atoms with Crippen LogP contribution in [-0.2, 0) is 4.79 Å². The first-order valence-corrected chi connectivity index (χ1v) is 7.19. The lowest BCUT2D eigenvalue weighted by atomic mass is 9.86. The maximum absolute atomic E-state index is 12.6. The van der Waals surface area contributed by atoms with Gasteiger partial charge in [-0.3, -0.25) is 4.79 Å². The van der Waals surface area contributed by atoms with Gasteiger partial charge >= 0.3 is 12.0 Å². The lowest BCUT2D eigenvalue weighted by molar-refractivity contribution is -0.138. The van der Waals surface area contributed by atoms with E-state index in [1.54, 1.807) is 4.90 Å². The average molecular weight is 268 g/mol. The second kappa shape index (κ2) is 5.39. The molecule has 3 unspecified atom stereocenters. The number of carbonyl (C=O) groups is 2. The topological polar surface area (TPSA) is 60.9 Å². The Bertz CT molecular complexity index is 368. The third kappa shape index (κ3) is 3.19. The van der Waals surface area contributed by atoms with Crippen molar-refractivity contribution in [1.29, 1.82) is 0 Å². The minimum atomic E-state index is -0.925. The Hall–Kier alpha value is -1.26. The molecule has 3 atom stereocenters. The molecular weight excluding hydrogens is 244 g/mol. The smallest absolute Gasteiger partial charge is 0.323 e. The Morgan fingerprint density at radius 2 is 1.89 bits per heavy atom. The fourth-order valence-electron chi connectivity index (χ4n) is 3.02. The van der Waals surface area contributed by atoms with Crippen molar-refractivity contribution in [3.05, 3.63) is 0 Å². The Kier molecular flexibility index (Phi) is 4.02. The minimum absolute atomic E-state index is 0.0872. The van der Waals surface area contributed by atoms with Gasteiger partial charge in [-0.2, -0.15) is 0 Å². The molecule has 2 aliphatic rings. The van der Waals surface area contributed by atoms with Gasteiger partial charge in [-0.1, -0.05) is 13.8 Å². The molecule has 19 heavy (non-hydrogen) atoms. The van der Waals surface area contributed by atoms with Crippen molar-refractivity contribution in [3.63, 3.8) is 0 Å². The molecule has 5 heteroatoms. The number of amides is 2. The number of rotatable bonds is 3. The Labute approximate surface area is 114 Å². The van der Waals surface area contributed by atoms with Crippen LogP contribution in [0.2, 0.25) is 0 Å². The summed E-state index contributed by atoms with van der Waals surface area (Å²) in [4.78, 5) is 27.0. The summed E-state index contributed by atoms with van der Waals surface area (Å²) in [5.74, 6) is 0.0330. The second-order valence-corrected chi connectivity index (χ2v) is 6.25. The zero-order chi connectivity index (χ0) is 14.2. The Morgan fingerprint density at radius 3 is 2.42 bits per heavy atom. The molecule has 0 aromatic rings. The number of hydrogen-bond donors (Lipinski definition) is 1. The molecule has 0 aromatic heterocycles. The Morgan fingerprint density at radius 1 is 1.26 bits per heavy atom. The molecule has 2 amide bonds. The number of carbonyl (C=O) groups excluding carboxylic acids is 1. The van der Waals surface area contributed by atoms with Crippen molar-refractivity contribution in [2.75, 3.05) is 13.1 Å². The third-order valence-electron chi connectivity index (χ3n) is 4.38. The van der Waals surface area contributed by atoms with Gasteiger partial charge in [-0.25, -0.2) is 4.79 Å². The molecule has 0 aromatic carbocycles. The van der Waals surface area contributed by atoms with E-state index in [1.807, 2.05) is 4.90 Å². The van der Waals surface area contributed by atoms with E-state index in [0.717, 1.165) is 25.8 Å². The van der Waals surface area contributed by atoms with Crippen molar-refractivity contribution in [3.8, 4) is 0 Å². The van der Waals surface area contributed by atoms with E-state index in [-0.39, 0.29) is 24.7 Å². The molecule has 1 saturated heterocycles. The molecule has 1 N–H and O–H groups in total. The van der Waals surface area contributed by atoms with E-state index in [1.165, 1.54) is 0 Å². The van der Waals surface area contributed by atoms with Gasteiger partial charge in [0.15, 0.2) is 0 Å². The summed E-state index contributed by atoms with van der Waals surface area (Å²) in [7, 11) is 0. The average Bonchev–Trinajstić information content (AvgIpc) is 3.13. The number of likely N-dealkylation sites (tertiary alicyclic amines) is 1. The molecule has 0 bridgehead atoms. The van der Waals surface area contributed by atoms with Crippen molar-refractivity contribution in [1.82, 2.24) is 9.80 Å². The monoisotopic (exact) mass is 268 g/mol. The fourth-order valence-corrected chi connectivity index (χ4v) is 3.02. The third-order valence-corrected chi connectivity index (χ3v) is 4.38. The van der Waals surface area contributed by atoms with Crippen molar-refractivity contribution in [2.45, 2.75) is 52.1 Å². The molecule has 2 rings (SSSR count). The minimum Gasteiger partial charge on any atom is -0.480 e. The number of aliphatic carboxylic acids is 1. The lowest BCUT2D eigenvalue weighted by Gasteiger charge is -2.43. The summed E-state index contributed by atoms with van der Waals surface area (Å²) in [5.41, 5.74) is 0. The van der Waals surface area contributed by atoms with Crippen LogP contribution in [0.1, 0.15) is 40.0 Å². The van der Waals surface area contributed by atoms with Crippen molar-refractivity contribution >= 4 is 12.0 Å². The van der Waals surface area contributed by atoms with Gasteiger partial charge < -0.3 is 14.9 Å². The van der Waals surface area contributed by atoms with Gasteiger partial charge in [0, 0.05) is 18.6 Å². The molecule has 0 radical (unpaired) electrons. The molecular formula is C14H24N2O3. The molecule has 1 aliphatic carbocycles. The van der Waals surface area contributed by atoms with Gasteiger partial charge in [-0.15, -0.1) is 0 Å². The van der Waals surface area contributed by atoms with Gasteiger partial charge in [0.05, 0.1) is 0 Å². The highest BCUT2D eigenvalue weighted by molar-refractivity contribution is 5.81. The summed E-state index contributed by atoms with van der Waals surface area (Å²) < 4.78 is 0. The Balaban J connectivity index is 2.09. The highest BCUT2D eigenvalue weighted by atomic mass is 16.4. The van der Waals surface area contributed by atoms with Crippen molar-refractivity contribution in [2.24, 2.45) is 11.8 Å². The maximum Gasteiger partial charge on any atom is 0.323 e. The molecule has 1 saturated carbocycles. The van der Waals surface area contributed by atoms with Crippen LogP contribution in [-0.4, -0.2) is 52.1 Å². The predicted octanol–water partition coefficient (Wildman–Crippen LogP) is 2.02. The van der Waals surface area contributed by atoms with Crippen LogP contribution in [0.3, 0.4) is 0 Å². The summed E-state index contributed by atoms with van der Waals surface area (Å²) in [6.07, 6.45) is 3.01. The molecule has 0 spiro atoms. The lowest BCUT2D eigenvalue weighted by Crippen LogP contribution is -2.55. The molecule has 108 valence electrons. The van der Waals surface area contributed by atoms with Crippen LogP contribution in [0.25, 0.3) is 0 Å². The van der Waals surface area contributed by atoms with E-state index >= 15 is 0 Å². The number of hydrogen-bond acceptors (Lipinski definition) is 2. The molecule has 1 aliphatic heterocycles. The summed E-state index contributed by atoms with van der Waals surface area (Å²) >= 11 is 0. The second-order valence-electron chi connectivity index (χ2n) is 6.25. The zero-order valence-electron chi connectivity index (χ0n) is 12.0.